The van der Waals surface area contributed by atoms with Crippen molar-refractivity contribution in [3.63, 3.8) is 0 Å². The zero-order chi connectivity index (χ0) is 18.8. The lowest BCUT2D eigenvalue weighted by Crippen LogP contribution is -2.25. The second kappa shape index (κ2) is 7.23. The number of nitrogens with two attached hydrogens (primary N) is 1. The number of hydrogen-bond acceptors (Lipinski definition) is 6. The average molecular weight is 398 g/mol. The third kappa shape index (κ3) is 4.33. The van der Waals surface area contributed by atoms with E-state index in [1.54, 1.807) is 18.2 Å². The first-order valence-corrected chi connectivity index (χ1v) is 10.8. The Kier molecular flexibility index (Phi) is 5.19. The van der Waals surface area contributed by atoms with Crippen LogP contribution < -0.4 is 19.3 Å². The number of rotatable bonds is 7. The van der Waals surface area contributed by atoms with Crippen molar-refractivity contribution in [1.29, 1.82) is 0 Å². The molecule has 0 fully saturated rings. The van der Waals surface area contributed by atoms with E-state index in [0.29, 0.717) is 24.3 Å². The molecule has 0 saturated carbocycles. The van der Waals surface area contributed by atoms with E-state index >= 15 is 0 Å². The monoisotopic (exact) mass is 398 g/mol. The summed E-state index contributed by atoms with van der Waals surface area (Å²) < 4.78 is 59.9. The molecule has 1 aliphatic heterocycles. The number of sulfonamides is 2. The van der Waals surface area contributed by atoms with E-state index in [2.05, 4.69) is 4.72 Å². The van der Waals surface area contributed by atoms with Crippen LogP contribution in [0.15, 0.2) is 52.3 Å². The summed E-state index contributed by atoms with van der Waals surface area (Å²) in [5, 5.41) is 5.04. The largest absolute Gasteiger partial charge is 0.454 e. The van der Waals surface area contributed by atoms with Gasteiger partial charge in [0.15, 0.2) is 11.5 Å². The second-order valence-corrected chi connectivity index (χ2v) is 9.03. The van der Waals surface area contributed by atoms with E-state index in [1.165, 1.54) is 24.3 Å². The average Bonchev–Trinajstić information content (AvgIpc) is 3.06. The maximum atomic E-state index is 12.3. The van der Waals surface area contributed by atoms with E-state index < -0.39 is 20.0 Å². The highest BCUT2D eigenvalue weighted by molar-refractivity contribution is 7.89. The standard InChI is InChI=1S/C16H18N2O6S2/c17-25(19,20)13-5-3-12(4-6-13)2-1-9-18-26(21,22)14-7-8-15-16(10-14)24-11-23-15/h3-8,10,18H,1-2,9,11H2,(H2,17,19,20). The van der Waals surface area contributed by atoms with Crippen LogP contribution in [0.25, 0.3) is 0 Å². The van der Waals surface area contributed by atoms with Gasteiger partial charge in [0.05, 0.1) is 9.79 Å². The third-order valence-electron chi connectivity index (χ3n) is 3.84. The van der Waals surface area contributed by atoms with Crippen LogP contribution in [-0.4, -0.2) is 30.2 Å². The number of aryl methyl sites for hydroxylation is 1. The van der Waals surface area contributed by atoms with Gasteiger partial charge < -0.3 is 9.47 Å². The van der Waals surface area contributed by atoms with E-state index in [-0.39, 0.29) is 23.1 Å². The number of benzene rings is 2. The summed E-state index contributed by atoms with van der Waals surface area (Å²) in [4.78, 5) is 0.156. The summed E-state index contributed by atoms with van der Waals surface area (Å²) in [6, 6.07) is 10.6. The zero-order valence-electron chi connectivity index (χ0n) is 13.7. The Hall–Kier alpha value is -2.14. The summed E-state index contributed by atoms with van der Waals surface area (Å²) in [6.45, 7) is 0.324. The van der Waals surface area contributed by atoms with Crippen LogP contribution in [0, 0.1) is 0 Å². The third-order valence-corrected chi connectivity index (χ3v) is 6.23. The lowest BCUT2D eigenvalue weighted by Gasteiger charge is -2.08. The van der Waals surface area contributed by atoms with E-state index in [9.17, 15) is 16.8 Å². The lowest BCUT2D eigenvalue weighted by molar-refractivity contribution is 0.174. The fourth-order valence-corrected chi connectivity index (χ4v) is 4.08. The molecular weight excluding hydrogens is 380 g/mol. The zero-order valence-corrected chi connectivity index (χ0v) is 15.3. The van der Waals surface area contributed by atoms with Crippen molar-refractivity contribution in [2.24, 2.45) is 5.14 Å². The predicted molar refractivity (Wildman–Crippen MR) is 93.9 cm³/mol. The molecule has 0 radical (unpaired) electrons. The van der Waals surface area contributed by atoms with Crippen molar-refractivity contribution in [2.75, 3.05) is 13.3 Å². The molecule has 0 unspecified atom stereocenters. The van der Waals surface area contributed by atoms with Crippen LogP contribution in [0.4, 0.5) is 0 Å². The van der Waals surface area contributed by atoms with Crippen LogP contribution in [0.2, 0.25) is 0 Å². The molecule has 0 spiro atoms. The first-order chi connectivity index (χ1) is 12.3. The molecule has 0 bridgehead atoms. The minimum atomic E-state index is -3.71. The highest BCUT2D eigenvalue weighted by atomic mass is 32.2. The molecule has 8 nitrogen and oxygen atoms in total. The maximum Gasteiger partial charge on any atom is 0.240 e. The molecule has 1 aliphatic rings. The Morgan fingerprint density at radius 1 is 0.923 bits per heavy atom. The second-order valence-electron chi connectivity index (χ2n) is 5.71. The summed E-state index contributed by atoms with van der Waals surface area (Å²) in [5.74, 6) is 0.926. The summed E-state index contributed by atoms with van der Waals surface area (Å²) in [7, 11) is -7.35. The van der Waals surface area contributed by atoms with Crippen LogP contribution >= 0.6 is 0 Å². The molecule has 2 aromatic carbocycles. The number of primary sulfonamides is 1. The molecule has 10 heteroatoms. The Balaban J connectivity index is 1.54. The summed E-state index contributed by atoms with van der Waals surface area (Å²) in [5.41, 5.74) is 0.889. The first kappa shape index (κ1) is 18.6. The van der Waals surface area contributed by atoms with Crippen molar-refractivity contribution in [3.8, 4) is 11.5 Å². The SMILES string of the molecule is NS(=O)(=O)c1ccc(CCCNS(=O)(=O)c2ccc3c(c2)OCO3)cc1. The van der Waals surface area contributed by atoms with Gasteiger partial charge >= 0.3 is 0 Å². The normalized spacial score (nSPS) is 13.7. The van der Waals surface area contributed by atoms with Gasteiger partial charge in [-0.1, -0.05) is 12.1 Å². The van der Waals surface area contributed by atoms with Gasteiger partial charge in [-0.2, -0.15) is 0 Å². The van der Waals surface area contributed by atoms with Crippen molar-refractivity contribution < 1.29 is 26.3 Å². The Morgan fingerprint density at radius 3 is 2.27 bits per heavy atom. The predicted octanol–water partition coefficient (Wildman–Crippen LogP) is 0.974. The van der Waals surface area contributed by atoms with Gasteiger partial charge in [0, 0.05) is 12.6 Å². The molecule has 0 aromatic heterocycles. The van der Waals surface area contributed by atoms with Crippen molar-refractivity contribution in [1.82, 2.24) is 4.72 Å². The molecule has 0 amide bonds. The van der Waals surface area contributed by atoms with Gasteiger partial charge in [0.25, 0.3) is 0 Å². The van der Waals surface area contributed by atoms with Gasteiger partial charge in [-0.3, -0.25) is 0 Å². The molecule has 26 heavy (non-hydrogen) atoms. The first-order valence-electron chi connectivity index (χ1n) is 7.77. The summed E-state index contributed by atoms with van der Waals surface area (Å²) >= 11 is 0. The molecule has 1 heterocycles. The van der Waals surface area contributed by atoms with Crippen LogP contribution in [0.3, 0.4) is 0 Å². The van der Waals surface area contributed by atoms with Crippen molar-refractivity contribution in [3.05, 3.63) is 48.0 Å². The molecule has 3 N–H and O–H groups in total. The highest BCUT2D eigenvalue weighted by Crippen LogP contribution is 2.33. The summed E-state index contributed by atoms with van der Waals surface area (Å²) in [6.07, 6.45) is 1.15. The van der Waals surface area contributed by atoms with Gasteiger partial charge in [0.1, 0.15) is 0 Å². The number of fused-ring (bicyclic) bond motifs is 1. The van der Waals surface area contributed by atoms with Crippen molar-refractivity contribution in [2.45, 2.75) is 22.6 Å². The van der Waals surface area contributed by atoms with Gasteiger partial charge in [-0.05, 0) is 42.7 Å². The highest BCUT2D eigenvalue weighted by Gasteiger charge is 2.19. The van der Waals surface area contributed by atoms with Crippen molar-refractivity contribution >= 4 is 20.0 Å². The maximum absolute atomic E-state index is 12.3. The minimum absolute atomic E-state index is 0.0461. The van der Waals surface area contributed by atoms with Gasteiger partial charge in [-0.15, -0.1) is 0 Å². The molecular formula is C16H18N2O6S2. The topological polar surface area (TPSA) is 125 Å². The van der Waals surface area contributed by atoms with Crippen LogP contribution in [-0.2, 0) is 26.5 Å². The smallest absolute Gasteiger partial charge is 0.240 e. The minimum Gasteiger partial charge on any atom is -0.454 e. The molecule has 140 valence electrons. The van der Waals surface area contributed by atoms with Crippen LogP contribution in [0.5, 0.6) is 11.5 Å². The van der Waals surface area contributed by atoms with Gasteiger partial charge in [0.2, 0.25) is 26.8 Å². The lowest BCUT2D eigenvalue weighted by atomic mass is 10.1. The Bertz CT molecular complexity index is 1000. The number of hydrogen-bond donors (Lipinski definition) is 2. The number of nitrogens with one attached hydrogen (secondary N) is 1. The Morgan fingerprint density at radius 2 is 1.58 bits per heavy atom. The molecule has 0 saturated heterocycles. The fourth-order valence-electron chi connectivity index (χ4n) is 2.47. The Labute approximate surface area is 152 Å². The molecule has 2 aromatic rings. The van der Waals surface area contributed by atoms with Crippen LogP contribution in [0.1, 0.15) is 12.0 Å². The van der Waals surface area contributed by atoms with E-state index in [0.717, 1.165) is 5.56 Å². The van der Waals surface area contributed by atoms with E-state index in [1.807, 2.05) is 0 Å². The van der Waals surface area contributed by atoms with Gasteiger partial charge in [-0.25, -0.2) is 26.7 Å². The quantitative estimate of drug-likeness (QED) is 0.670. The van der Waals surface area contributed by atoms with E-state index in [4.69, 9.17) is 14.6 Å². The molecule has 0 aliphatic carbocycles. The number of ether oxygens (including phenoxy) is 2. The molecule has 3 rings (SSSR count). The molecule has 0 atom stereocenters. The fraction of sp³-hybridized carbons (Fsp3) is 0.250.